The number of benzene rings is 2. The van der Waals surface area contributed by atoms with E-state index in [1.807, 2.05) is 49.4 Å². The van der Waals surface area contributed by atoms with Crippen molar-refractivity contribution in [2.75, 3.05) is 13.7 Å². The van der Waals surface area contributed by atoms with E-state index in [0.29, 0.717) is 11.7 Å². The van der Waals surface area contributed by atoms with Gasteiger partial charge in [0.2, 0.25) is 0 Å². The van der Waals surface area contributed by atoms with Crippen molar-refractivity contribution >= 4 is 12.1 Å². The van der Waals surface area contributed by atoms with Crippen LogP contribution in [0.15, 0.2) is 47.6 Å². The SMILES string of the molecule is COc1ccc(/C=N/NC(=O)COc2ccc(C(C)C)c(C)c2)cc1. The zero-order valence-corrected chi connectivity index (χ0v) is 15.1. The van der Waals surface area contributed by atoms with Gasteiger partial charge in [-0.25, -0.2) is 5.43 Å². The predicted octanol–water partition coefficient (Wildman–Crippen LogP) is 3.66. The molecule has 5 heteroatoms. The summed E-state index contributed by atoms with van der Waals surface area (Å²) in [5.41, 5.74) is 5.75. The molecule has 1 N–H and O–H groups in total. The molecule has 0 unspecified atom stereocenters. The molecule has 132 valence electrons. The summed E-state index contributed by atoms with van der Waals surface area (Å²) in [6.07, 6.45) is 1.57. The average Bonchev–Trinajstić information content (AvgIpc) is 2.60. The van der Waals surface area contributed by atoms with E-state index in [1.54, 1.807) is 13.3 Å². The largest absolute Gasteiger partial charge is 0.497 e. The lowest BCUT2D eigenvalue weighted by atomic mass is 9.98. The molecule has 0 aliphatic heterocycles. The molecule has 0 radical (unpaired) electrons. The van der Waals surface area contributed by atoms with Crippen LogP contribution in [0.1, 0.15) is 36.5 Å². The number of methoxy groups -OCH3 is 1. The van der Waals surface area contributed by atoms with Crippen molar-refractivity contribution in [3.05, 3.63) is 59.2 Å². The molecule has 0 atom stereocenters. The first-order valence-electron chi connectivity index (χ1n) is 8.19. The van der Waals surface area contributed by atoms with Crippen LogP contribution in [0.4, 0.5) is 0 Å². The van der Waals surface area contributed by atoms with Crippen molar-refractivity contribution in [1.29, 1.82) is 0 Å². The highest BCUT2D eigenvalue weighted by Crippen LogP contribution is 2.23. The summed E-state index contributed by atoms with van der Waals surface area (Å²) >= 11 is 0. The molecule has 0 bridgehead atoms. The number of rotatable bonds is 7. The molecule has 1 amide bonds. The van der Waals surface area contributed by atoms with Crippen LogP contribution in [0.3, 0.4) is 0 Å². The number of carbonyl (C=O) groups excluding carboxylic acids is 1. The highest BCUT2D eigenvalue weighted by molar-refractivity contribution is 5.83. The molecular weight excluding hydrogens is 316 g/mol. The number of nitrogens with one attached hydrogen (secondary N) is 1. The number of hydrazone groups is 1. The third-order valence-corrected chi connectivity index (χ3v) is 3.75. The van der Waals surface area contributed by atoms with Gasteiger partial charge in [0.05, 0.1) is 13.3 Å². The average molecular weight is 340 g/mol. The van der Waals surface area contributed by atoms with E-state index in [4.69, 9.17) is 9.47 Å². The first kappa shape index (κ1) is 18.5. The fraction of sp³-hybridized carbons (Fsp3) is 0.300. The Balaban J connectivity index is 1.82. The Morgan fingerprint density at radius 1 is 1.16 bits per heavy atom. The Kier molecular flexibility index (Phi) is 6.57. The molecule has 0 saturated heterocycles. The number of amides is 1. The summed E-state index contributed by atoms with van der Waals surface area (Å²) in [4.78, 5) is 11.8. The highest BCUT2D eigenvalue weighted by atomic mass is 16.5. The van der Waals surface area contributed by atoms with E-state index in [9.17, 15) is 4.79 Å². The molecule has 2 aromatic rings. The van der Waals surface area contributed by atoms with E-state index in [-0.39, 0.29) is 12.5 Å². The quantitative estimate of drug-likeness (QED) is 0.618. The Morgan fingerprint density at radius 2 is 1.84 bits per heavy atom. The van der Waals surface area contributed by atoms with Gasteiger partial charge in [-0.15, -0.1) is 0 Å². The van der Waals surface area contributed by atoms with E-state index in [1.165, 1.54) is 5.56 Å². The lowest BCUT2D eigenvalue weighted by Gasteiger charge is -2.12. The van der Waals surface area contributed by atoms with Gasteiger partial charge >= 0.3 is 0 Å². The standard InChI is InChI=1S/C20H24N2O3/c1-14(2)19-10-9-18(11-15(19)3)25-13-20(23)22-21-12-16-5-7-17(24-4)8-6-16/h5-12,14H,13H2,1-4H3,(H,22,23)/b21-12+. The lowest BCUT2D eigenvalue weighted by Crippen LogP contribution is -2.24. The monoisotopic (exact) mass is 340 g/mol. The van der Waals surface area contributed by atoms with Gasteiger partial charge in [-0.2, -0.15) is 5.10 Å². The van der Waals surface area contributed by atoms with Crippen LogP contribution in [-0.4, -0.2) is 25.8 Å². The van der Waals surface area contributed by atoms with E-state index in [2.05, 4.69) is 24.4 Å². The van der Waals surface area contributed by atoms with Crippen molar-refractivity contribution in [3.8, 4) is 11.5 Å². The van der Waals surface area contributed by atoms with Crippen molar-refractivity contribution in [3.63, 3.8) is 0 Å². The van der Waals surface area contributed by atoms with Gasteiger partial charge in [0.15, 0.2) is 6.61 Å². The fourth-order valence-corrected chi connectivity index (χ4v) is 2.44. The molecule has 0 aliphatic carbocycles. The number of hydrogen-bond acceptors (Lipinski definition) is 4. The summed E-state index contributed by atoms with van der Waals surface area (Å²) in [5.74, 6) is 1.60. The molecule has 0 spiro atoms. The Labute approximate surface area is 148 Å². The topological polar surface area (TPSA) is 59.9 Å². The third kappa shape index (κ3) is 5.64. The van der Waals surface area contributed by atoms with Crippen LogP contribution in [0.2, 0.25) is 0 Å². The summed E-state index contributed by atoms with van der Waals surface area (Å²) in [5, 5.41) is 3.92. The second-order valence-corrected chi connectivity index (χ2v) is 6.03. The minimum atomic E-state index is -0.310. The van der Waals surface area contributed by atoms with Crippen LogP contribution in [0.5, 0.6) is 11.5 Å². The fourth-order valence-electron chi connectivity index (χ4n) is 2.44. The van der Waals surface area contributed by atoms with Gasteiger partial charge in [-0.3, -0.25) is 4.79 Å². The van der Waals surface area contributed by atoms with Gasteiger partial charge in [0.25, 0.3) is 5.91 Å². The van der Waals surface area contributed by atoms with E-state index in [0.717, 1.165) is 16.9 Å². The van der Waals surface area contributed by atoms with Gasteiger partial charge in [0, 0.05) is 0 Å². The van der Waals surface area contributed by atoms with E-state index < -0.39 is 0 Å². The number of carbonyl (C=O) groups is 1. The smallest absolute Gasteiger partial charge is 0.277 e. The van der Waals surface area contributed by atoms with Gasteiger partial charge in [-0.05, 0) is 65.9 Å². The molecule has 0 aliphatic rings. The van der Waals surface area contributed by atoms with E-state index >= 15 is 0 Å². The third-order valence-electron chi connectivity index (χ3n) is 3.75. The minimum Gasteiger partial charge on any atom is -0.497 e. The van der Waals surface area contributed by atoms with Crippen molar-refractivity contribution in [1.82, 2.24) is 5.43 Å². The first-order chi connectivity index (χ1) is 12.0. The predicted molar refractivity (Wildman–Crippen MR) is 99.5 cm³/mol. The van der Waals surface area contributed by atoms with Gasteiger partial charge in [-0.1, -0.05) is 19.9 Å². The maximum Gasteiger partial charge on any atom is 0.277 e. The summed E-state index contributed by atoms with van der Waals surface area (Å²) < 4.78 is 10.6. The normalized spacial score (nSPS) is 10.9. The molecule has 0 fully saturated rings. The molecule has 2 aromatic carbocycles. The molecule has 0 heterocycles. The van der Waals surface area contributed by atoms with Crippen LogP contribution in [-0.2, 0) is 4.79 Å². The second kappa shape index (κ2) is 8.87. The highest BCUT2D eigenvalue weighted by Gasteiger charge is 2.06. The summed E-state index contributed by atoms with van der Waals surface area (Å²) in [6.45, 7) is 6.26. The summed E-state index contributed by atoms with van der Waals surface area (Å²) in [7, 11) is 1.61. The number of nitrogens with zero attached hydrogens (tertiary/aromatic N) is 1. The van der Waals surface area contributed by atoms with Crippen molar-refractivity contribution < 1.29 is 14.3 Å². The molecule has 2 rings (SSSR count). The molecule has 5 nitrogen and oxygen atoms in total. The zero-order valence-electron chi connectivity index (χ0n) is 15.1. The molecular formula is C20H24N2O3. The maximum absolute atomic E-state index is 11.8. The van der Waals surface area contributed by atoms with Crippen LogP contribution >= 0.6 is 0 Å². The Morgan fingerprint density at radius 3 is 2.44 bits per heavy atom. The molecule has 0 aromatic heterocycles. The van der Waals surface area contributed by atoms with Crippen LogP contribution in [0.25, 0.3) is 0 Å². The van der Waals surface area contributed by atoms with Crippen molar-refractivity contribution in [2.45, 2.75) is 26.7 Å². The van der Waals surface area contributed by atoms with Crippen LogP contribution < -0.4 is 14.9 Å². The van der Waals surface area contributed by atoms with Crippen molar-refractivity contribution in [2.24, 2.45) is 5.10 Å². The van der Waals surface area contributed by atoms with Gasteiger partial charge < -0.3 is 9.47 Å². The molecule has 0 saturated carbocycles. The number of ether oxygens (including phenoxy) is 2. The minimum absolute atomic E-state index is 0.0829. The molecule has 25 heavy (non-hydrogen) atoms. The Hall–Kier alpha value is -2.82. The van der Waals surface area contributed by atoms with Gasteiger partial charge in [0.1, 0.15) is 11.5 Å². The number of aryl methyl sites for hydroxylation is 1. The Bertz CT molecular complexity index is 737. The number of hydrogen-bond donors (Lipinski definition) is 1. The first-order valence-corrected chi connectivity index (χ1v) is 8.19. The second-order valence-electron chi connectivity index (χ2n) is 6.03. The maximum atomic E-state index is 11.8. The lowest BCUT2D eigenvalue weighted by molar-refractivity contribution is -0.123. The van der Waals surface area contributed by atoms with Crippen LogP contribution in [0, 0.1) is 6.92 Å². The summed E-state index contributed by atoms with van der Waals surface area (Å²) in [6, 6.07) is 13.2. The zero-order chi connectivity index (χ0) is 18.2.